The maximum Gasteiger partial charge on any atom is 0.258 e. The van der Waals surface area contributed by atoms with Gasteiger partial charge in [0.1, 0.15) is 0 Å². The van der Waals surface area contributed by atoms with Crippen LogP contribution in [0.15, 0.2) is 54.6 Å². The van der Waals surface area contributed by atoms with E-state index in [-0.39, 0.29) is 5.91 Å². The molecule has 1 amide bonds. The Bertz CT molecular complexity index is 508. The van der Waals surface area contributed by atoms with Crippen LogP contribution >= 0.6 is 22.6 Å². The van der Waals surface area contributed by atoms with Gasteiger partial charge in [-0.05, 0) is 59.0 Å². The number of carbonyl (C=O) groups excluding carboxylic acids is 1. The number of nitrogens with zero attached hydrogens (tertiary/aromatic N) is 1. The van der Waals surface area contributed by atoms with E-state index in [0.717, 1.165) is 9.26 Å². The fraction of sp³-hybridized carbons (Fsp3) is 0.0714. The topological polar surface area (TPSA) is 20.3 Å². The van der Waals surface area contributed by atoms with Gasteiger partial charge in [-0.3, -0.25) is 4.79 Å². The van der Waals surface area contributed by atoms with Gasteiger partial charge in [0.25, 0.3) is 5.91 Å². The average molecular weight is 337 g/mol. The molecule has 0 bridgehead atoms. The minimum absolute atomic E-state index is 0.00704. The summed E-state index contributed by atoms with van der Waals surface area (Å²) in [5.74, 6) is 0.00704. The smallest absolute Gasteiger partial charge is 0.258 e. The fourth-order valence-electron chi connectivity index (χ4n) is 1.55. The van der Waals surface area contributed by atoms with Crippen molar-refractivity contribution < 1.29 is 4.79 Å². The van der Waals surface area contributed by atoms with Crippen molar-refractivity contribution in [3.63, 3.8) is 0 Å². The number of benzene rings is 2. The quantitative estimate of drug-likeness (QED) is 0.768. The summed E-state index contributed by atoms with van der Waals surface area (Å²) in [7, 11) is 1.79. The van der Waals surface area contributed by atoms with Crippen molar-refractivity contribution in [3.8, 4) is 0 Å². The summed E-state index contributed by atoms with van der Waals surface area (Å²) in [5, 5.41) is 0. The molecule has 0 aliphatic carbocycles. The molecule has 0 heterocycles. The van der Waals surface area contributed by atoms with E-state index in [2.05, 4.69) is 22.6 Å². The molecule has 2 nitrogen and oxygen atoms in total. The summed E-state index contributed by atoms with van der Waals surface area (Å²) in [6.07, 6.45) is 0. The molecule has 0 fully saturated rings. The van der Waals surface area contributed by atoms with Crippen molar-refractivity contribution in [3.05, 3.63) is 63.7 Å². The minimum Gasteiger partial charge on any atom is -0.311 e. The van der Waals surface area contributed by atoms with Crippen LogP contribution in [0.4, 0.5) is 5.69 Å². The predicted molar refractivity (Wildman–Crippen MR) is 78.3 cm³/mol. The third-order valence-corrected chi connectivity index (χ3v) is 3.26. The molecule has 0 spiro atoms. The molecule has 17 heavy (non-hydrogen) atoms. The van der Waals surface area contributed by atoms with Crippen LogP contribution in [-0.4, -0.2) is 13.0 Å². The molecular formula is C14H12INO. The van der Waals surface area contributed by atoms with Crippen LogP contribution in [0.1, 0.15) is 10.4 Å². The molecule has 2 aromatic rings. The van der Waals surface area contributed by atoms with Crippen LogP contribution in [0.5, 0.6) is 0 Å². The van der Waals surface area contributed by atoms with Gasteiger partial charge in [0.15, 0.2) is 0 Å². The Labute approximate surface area is 114 Å². The first-order chi connectivity index (χ1) is 8.18. The Balaban J connectivity index is 2.23. The van der Waals surface area contributed by atoms with Crippen LogP contribution < -0.4 is 4.90 Å². The molecule has 0 saturated carbocycles. The first-order valence-electron chi connectivity index (χ1n) is 5.27. The van der Waals surface area contributed by atoms with Gasteiger partial charge < -0.3 is 4.90 Å². The molecule has 0 aromatic heterocycles. The number of anilines is 1. The van der Waals surface area contributed by atoms with E-state index >= 15 is 0 Å². The molecule has 0 saturated heterocycles. The summed E-state index contributed by atoms with van der Waals surface area (Å²) in [6, 6.07) is 17.2. The van der Waals surface area contributed by atoms with Crippen molar-refractivity contribution in [2.45, 2.75) is 0 Å². The van der Waals surface area contributed by atoms with Crippen molar-refractivity contribution in [1.29, 1.82) is 0 Å². The summed E-state index contributed by atoms with van der Waals surface area (Å²) in [5.41, 5.74) is 1.60. The molecule has 0 atom stereocenters. The number of para-hydroxylation sites is 1. The van der Waals surface area contributed by atoms with Gasteiger partial charge in [0.05, 0.1) is 0 Å². The summed E-state index contributed by atoms with van der Waals surface area (Å²) in [4.78, 5) is 13.8. The van der Waals surface area contributed by atoms with E-state index in [9.17, 15) is 4.79 Å². The Morgan fingerprint density at radius 3 is 2.18 bits per heavy atom. The lowest BCUT2D eigenvalue weighted by molar-refractivity contribution is 0.0993. The highest BCUT2D eigenvalue weighted by molar-refractivity contribution is 14.1. The molecule has 3 heteroatoms. The van der Waals surface area contributed by atoms with E-state index in [1.54, 1.807) is 11.9 Å². The van der Waals surface area contributed by atoms with E-state index < -0.39 is 0 Å². The molecule has 86 valence electrons. The van der Waals surface area contributed by atoms with Gasteiger partial charge in [-0.25, -0.2) is 0 Å². The molecule has 2 rings (SSSR count). The maximum atomic E-state index is 12.2. The van der Waals surface area contributed by atoms with E-state index in [1.165, 1.54) is 0 Å². The minimum atomic E-state index is 0.00704. The zero-order chi connectivity index (χ0) is 12.3. The zero-order valence-corrected chi connectivity index (χ0v) is 11.6. The Hall–Kier alpha value is -1.36. The molecule has 2 aromatic carbocycles. The summed E-state index contributed by atoms with van der Waals surface area (Å²) in [6.45, 7) is 0. The normalized spacial score (nSPS) is 10.0. The lowest BCUT2D eigenvalue weighted by Crippen LogP contribution is -2.26. The third-order valence-electron chi connectivity index (χ3n) is 2.54. The number of halogens is 1. The maximum absolute atomic E-state index is 12.2. The van der Waals surface area contributed by atoms with E-state index in [0.29, 0.717) is 5.56 Å². The number of rotatable bonds is 2. The first-order valence-corrected chi connectivity index (χ1v) is 6.35. The summed E-state index contributed by atoms with van der Waals surface area (Å²) >= 11 is 2.22. The zero-order valence-electron chi connectivity index (χ0n) is 9.43. The molecular weight excluding hydrogens is 325 g/mol. The second-order valence-electron chi connectivity index (χ2n) is 3.71. The lowest BCUT2D eigenvalue weighted by Gasteiger charge is -2.17. The van der Waals surface area contributed by atoms with Gasteiger partial charge in [0.2, 0.25) is 0 Å². The standard InChI is InChI=1S/C14H12INO/c1-16(13-5-3-2-4-6-13)14(17)11-7-9-12(15)10-8-11/h2-10H,1H3. The average Bonchev–Trinajstić information content (AvgIpc) is 2.39. The van der Waals surface area contributed by atoms with Crippen LogP contribution in [0, 0.1) is 3.57 Å². The second kappa shape index (κ2) is 5.31. The van der Waals surface area contributed by atoms with Gasteiger partial charge in [0, 0.05) is 21.9 Å². The molecule has 0 N–H and O–H groups in total. The molecule has 0 aliphatic heterocycles. The Morgan fingerprint density at radius 1 is 1.00 bits per heavy atom. The van der Waals surface area contributed by atoms with Gasteiger partial charge in [-0.15, -0.1) is 0 Å². The number of hydrogen-bond acceptors (Lipinski definition) is 1. The Kier molecular flexibility index (Phi) is 3.78. The van der Waals surface area contributed by atoms with Gasteiger partial charge >= 0.3 is 0 Å². The second-order valence-corrected chi connectivity index (χ2v) is 4.95. The van der Waals surface area contributed by atoms with Crippen molar-refractivity contribution in [2.24, 2.45) is 0 Å². The monoisotopic (exact) mass is 337 g/mol. The van der Waals surface area contributed by atoms with Crippen molar-refractivity contribution in [2.75, 3.05) is 11.9 Å². The summed E-state index contributed by atoms with van der Waals surface area (Å²) < 4.78 is 1.13. The highest BCUT2D eigenvalue weighted by atomic mass is 127. The van der Waals surface area contributed by atoms with Crippen molar-refractivity contribution in [1.82, 2.24) is 0 Å². The van der Waals surface area contributed by atoms with Gasteiger partial charge in [-0.2, -0.15) is 0 Å². The van der Waals surface area contributed by atoms with Crippen LogP contribution in [0.2, 0.25) is 0 Å². The van der Waals surface area contributed by atoms with Crippen molar-refractivity contribution >= 4 is 34.2 Å². The third kappa shape index (κ3) is 2.85. The van der Waals surface area contributed by atoms with E-state index in [1.807, 2.05) is 54.6 Å². The number of hydrogen-bond donors (Lipinski definition) is 0. The fourth-order valence-corrected chi connectivity index (χ4v) is 1.91. The number of amides is 1. The Morgan fingerprint density at radius 2 is 1.59 bits per heavy atom. The highest BCUT2D eigenvalue weighted by Crippen LogP contribution is 2.15. The van der Waals surface area contributed by atoms with E-state index in [4.69, 9.17) is 0 Å². The first kappa shape index (κ1) is 12.1. The van der Waals surface area contributed by atoms with Crippen LogP contribution in [0.25, 0.3) is 0 Å². The van der Waals surface area contributed by atoms with Gasteiger partial charge in [-0.1, -0.05) is 18.2 Å². The molecule has 0 unspecified atom stereocenters. The van der Waals surface area contributed by atoms with Crippen LogP contribution in [-0.2, 0) is 0 Å². The highest BCUT2D eigenvalue weighted by Gasteiger charge is 2.12. The number of carbonyl (C=O) groups is 1. The SMILES string of the molecule is CN(C(=O)c1ccc(I)cc1)c1ccccc1. The largest absolute Gasteiger partial charge is 0.311 e. The predicted octanol–water partition coefficient (Wildman–Crippen LogP) is 3.57. The lowest BCUT2D eigenvalue weighted by atomic mass is 10.2. The van der Waals surface area contributed by atoms with Crippen LogP contribution in [0.3, 0.4) is 0 Å². The molecule has 0 radical (unpaired) electrons. The molecule has 0 aliphatic rings.